The summed E-state index contributed by atoms with van der Waals surface area (Å²) in [7, 11) is -2.27. The predicted octanol–water partition coefficient (Wildman–Crippen LogP) is 5.32. The van der Waals surface area contributed by atoms with Crippen LogP contribution in [0.25, 0.3) is 0 Å². The fourth-order valence-corrected chi connectivity index (χ4v) is 4.82. The minimum atomic E-state index is -3.93. The largest absolute Gasteiger partial charge is 0.340 e. The number of amides is 1. The number of carbonyl (C=O) groups is 1. The van der Waals surface area contributed by atoms with Crippen LogP contribution in [0.15, 0.2) is 83.8 Å². The molecule has 0 atom stereocenters. The third-order valence-electron chi connectivity index (χ3n) is 5.22. The van der Waals surface area contributed by atoms with E-state index in [1.54, 1.807) is 49.5 Å². The molecule has 0 radical (unpaired) electrons. The molecule has 0 N–H and O–H groups in total. The van der Waals surface area contributed by atoms with Gasteiger partial charge in [-0.15, -0.1) is 0 Å². The quantitative estimate of drug-likeness (QED) is 0.447. The molecule has 0 bridgehead atoms. The Labute approximate surface area is 195 Å². The predicted molar refractivity (Wildman–Crippen MR) is 129 cm³/mol. The molecule has 168 valence electrons. The van der Waals surface area contributed by atoms with E-state index in [0.29, 0.717) is 23.2 Å². The normalized spacial score (nSPS) is 11.4. The lowest BCUT2D eigenvalue weighted by atomic mass is 10.0. The van der Waals surface area contributed by atoms with Crippen molar-refractivity contribution in [2.24, 2.45) is 0 Å². The van der Waals surface area contributed by atoms with E-state index in [1.807, 2.05) is 24.3 Å². The minimum Gasteiger partial charge on any atom is -0.340 e. The summed E-state index contributed by atoms with van der Waals surface area (Å²) in [6.07, 6.45) is 0. The fraction of sp³-hybridized carbons (Fsp3) is 0.240. The topological polar surface area (TPSA) is 57.7 Å². The molecule has 3 aromatic rings. The molecular formula is C25H27ClN2O3S. The number of likely N-dealkylation sites (N-methyl/N-ethyl adjacent to an activating group) is 1. The lowest BCUT2D eigenvalue weighted by Crippen LogP contribution is -2.41. The van der Waals surface area contributed by atoms with E-state index in [9.17, 15) is 13.2 Å². The number of hydrogen-bond donors (Lipinski definition) is 0. The average molecular weight is 471 g/mol. The van der Waals surface area contributed by atoms with E-state index in [4.69, 9.17) is 11.6 Å². The molecule has 0 aromatic heterocycles. The maximum atomic E-state index is 13.4. The lowest BCUT2D eigenvalue weighted by Gasteiger charge is -2.27. The van der Waals surface area contributed by atoms with Gasteiger partial charge in [-0.05, 0) is 53.4 Å². The van der Waals surface area contributed by atoms with E-state index >= 15 is 0 Å². The van der Waals surface area contributed by atoms with Crippen LogP contribution in [0.1, 0.15) is 30.9 Å². The summed E-state index contributed by atoms with van der Waals surface area (Å²) in [5, 5.41) is 0.618. The summed E-state index contributed by atoms with van der Waals surface area (Å²) >= 11 is 5.93. The van der Waals surface area contributed by atoms with Gasteiger partial charge >= 0.3 is 0 Å². The monoisotopic (exact) mass is 470 g/mol. The molecule has 0 aliphatic rings. The Morgan fingerprint density at radius 3 is 2.06 bits per heavy atom. The Morgan fingerprint density at radius 2 is 1.50 bits per heavy atom. The summed E-state index contributed by atoms with van der Waals surface area (Å²) in [5.74, 6) is 0.00256. The van der Waals surface area contributed by atoms with Gasteiger partial charge in [0.1, 0.15) is 6.54 Å². The van der Waals surface area contributed by atoms with Crippen molar-refractivity contribution in [1.29, 1.82) is 0 Å². The highest BCUT2D eigenvalue weighted by molar-refractivity contribution is 7.92. The van der Waals surface area contributed by atoms with Gasteiger partial charge in [0.25, 0.3) is 10.0 Å². The molecule has 5 nitrogen and oxygen atoms in total. The van der Waals surface area contributed by atoms with Crippen molar-refractivity contribution in [3.05, 3.63) is 95.0 Å². The number of benzene rings is 3. The van der Waals surface area contributed by atoms with Gasteiger partial charge in [0, 0.05) is 18.6 Å². The molecule has 3 aromatic carbocycles. The number of anilines is 1. The lowest BCUT2D eigenvalue weighted by molar-refractivity contribution is -0.128. The van der Waals surface area contributed by atoms with Gasteiger partial charge in [-0.25, -0.2) is 8.42 Å². The second-order valence-corrected chi connectivity index (χ2v) is 10.2. The van der Waals surface area contributed by atoms with Crippen molar-refractivity contribution in [3.63, 3.8) is 0 Å². The number of rotatable bonds is 8. The fourth-order valence-electron chi connectivity index (χ4n) is 3.26. The molecule has 7 heteroatoms. The maximum absolute atomic E-state index is 13.4. The third kappa shape index (κ3) is 5.69. The van der Waals surface area contributed by atoms with Gasteiger partial charge in [0.05, 0.1) is 10.6 Å². The first kappa shape index (κ1) is 23.8. The second-order valence-electron chi connectivity index (χ2n) is 7.95. The standard InChI is InChI=1S/C25H27ClN2O3S/c1-19(2)21-11-15-23(16-12-21)28(32(30,31)24-7-5-4-6-8-24)18-25(29)27(3)17-20-9-13-22(26)14-10-20/h4-16,19H,17-18H2,1-3H3. The van der Waals surface area contributed by atoms with E-state index in [1.165, 1.54) is 21.3 Å². The Morgan fingerprint density at radius 1 is 0.906 bits per heavy atom. The molecule has 0 aliphatic heterocycles. The average Bonchev–Trinajstić information content (AvgIpc) is 2.79. The van der Waals surface area contributed by atoms with Gasteiger partial charge in [0.2, 0.25) is 5.91 Å². The second kappa shape index (κ2) is 10.2. The number of carbonyl (C=O) groups excluding carboxylic acids is 1. The summed E-state index contributed by atoms with van der Waals surface area (Å²) in [6, 6.07) is 22.7. The zero-order valence-electron chi connectivity index (χ0n) is 18.4. The van der Waals surface area contributed by atoms with Crippen LogP contribution in [0.3, 0.4) is 0 Å². The molecular weight excluding hydrogens is 444 g/mol. The molecule has 1 amide bonds. The SMILES string of the molecule is CC(C)c1ccc(N(CC(=O)N(C)Cc2ccc(Cl)cc2)S(=O)(=O)c2ccccc2)cc1. The molecule has 3 rings (SSSR count). The van der Waals surface area contributed by atoms with Gasteiger partial charge in [-0.1, -0.05) is 67.9 Å². The highest BCUT2D eigenvalue weighted by Crippen LogP contribution is 2.26. The molecule has 0 unspecified atom stereocenters. The number of sulfonamides is 1. The van der Waals surface area contributed by atoms with Crippen molar-refractivity contribution in [1.82, 2.24) is 4.90 Å². The number of nitrogens with zero attached hydrogens (tertiary/aromatic N) is 2. The first-order valence-electron chi connectivity index (χ1n) is 10.3. The third-order valence-corrected chi connectivity index (χ3v) is 7.26. The summed E-state index contributed by atoms with van der Waals surface area (Å²) in [4.78, 5) is 14.7. The van der Waals surface area contributed by atoms with E-state index in [0.717, 1.165) is 11.1 Å². The van der Waals surface area contributed by atoms with Crippen LogP contribution >= 0.6 is 11.6 Å². The molecule has 32 heavy (non-hydrogen) atoms. The van der Waals surface area contributed by atoms with Crippen molar-refractivity contribution in [2.45, 2.75) is 31.2 Å². The van der Waals surface area contributed by atoms with Crippen LogP contribution in [-0.2, 0) is 21.4 Å². The Bertz CT molecular complexity index is 1150. The van der Waals surface area contributed by atoms with E-state index < -0.39 is 10.0 Å². The van der Waals surface area contributed by atoms with Gasteiger partial charge in [0.15, 0.2) is 0 Å². The van der Waals surface area contributed by atoms with E-state index in [-0.39, 0.29) is 17.3 Å². The van der Waals surface area contributed by atoms with Crippen molar-refractivity contribution < 1.29 is 13.2 Å². The molecule has 0 fully saturated rings. The van der Waals surface area contributed by atoms with Gasteiger partial charge < -0.3 is 4.90 Å². The summed E-state index contributed by atoms with van der Waals surface area (Å²) < 4.78 is 28.1. The molecule has 0 aliphatic carbocycles. The molecule has 0 spiro atoms. The zero-order chi connectivity index (χ0) is 23.3. The highest BCUT2D eigenvalue weighted by Gasteiger charge is 2.28. The number of hydrogen-bond acceptors (Lipinski definition) is 3. The summed E-state index contributed by atoms with van der Waals surface area (Å²) in [6.45, 7) is 4.19. The zero-order valence-corrected chi connectivity index (χ0v) is 20.0. The van der Waals surface area contributed by atoms with Crippen LogP contribution < -0.4 is 4.31 Å². The Hall–Kier alpha value is -2.83. The van der Waals surface area contributed by atoms with Gasteiger partial charge in [-0.3, -0.25) is 9.10 Å². The van der Waals surface area contributed by atoms with Crippen LogP contribution in [0.5, 0.6) is 0 Å². The van der Waals surface area contributed by atoms with Crippen LogP contribution in [0.4, 0.5) is 5.69 Å². The van der Waals surface area contributed by atoms with Crippen LogP contribution in [0, 0.1) is 0 Å². The van der Waals surface area contributed by atoms with Crippen molar-refractivity contribution in [3.8, 4) is 0 Å². The Kier molecular flexibility index (Phi) is 7.59. The molecule has 0 saturated heterocycles. The van der Waals surface area contributed by atoms with Crippen molar-refractivity contribution >= 4 is 33.2 Å². The van der Waals surface area contributed by atoms with Crippen LogP contribution in [-0.4, -0.2) is 32.8 Å². The van der Waals surface area contributed by atoms with Gasteiger partial charge in [-0.2, -0.15) is 0 Å². The van der Waals surface area contributed by atoms with Crippen LogP contribution in [0.2, 0.25) is 5.02 Å². The summed E-state index contributed by atoms with van der Waals surface area (Å²) in [5.41, 5.74) is 2.45. The Balaban J connectivity index is 1.89. The number of halogens is 1. The smallest absolute Gasteiger partial charge is 0.264 e. The highest BCUT2D eigenvalue weighted by atomic mass is 35.5. The first-order chi connectivity index (χ1) is 15.2. The van der Waals surface area contributed by atoms with E-state index in [2.05, 4.69) is 13.8 Å². The van der Waals surface area contributed by atoms with Crippen molar-refractivity contribution in [2.75, 3.05) is 17.9 Å². The molecule has 0 saturated carbocycles. The molecule has 0 heterocycles. The maximum Gasteiger partial charge on any atom is 0.264 e. The first-order valence-corrected chi connectivity index (χ1v) is 12.2. The minimum absolute atomic E-state index is 0.140.